The Morgan fingerprint density at radius 2 is 1.94 bits per heavy atom. The second kappa shape index (κ2) is 7.94. The zero-order valence-electron chi connectivity index (χ0n) is 20.7. The molecular weight excluding hydrogens is 458 g/mol. The van der Waals surface area contributed by atoms with Gasteiger partial charge in [-0.25, -0.2) is 5.06 Å². The number of fused-ring (bicyclic) bond motifs is 7. The Bertz CT molecular complexity index is 1190. The quantitative estimate of drug-likeness (QED) is 0.674. The monoisotopic (exact) mass is 491 g/mol. The fraction of sp³-hybridized carbons (Fsp3) is 0.552. The molecule has 0 radical (unpaired) electrons. The molecule has 4 fully saturated rings. The van der Waals surface area contributed by atoms with Crippen LogP contribution < -0.4 is 0 Å². The molecule has 1 aromatic carbocycles. The zero-order chi connectivity index (χ0) is 25.5. The number of ketones is 2. The van der Waals surface area contributed by atoms with E-state index in [1.807, 2.05) is 19.1 Å². The average Bonchev–Trinajstić information content (AvgIpc) is 3.37. The topological polar surface area (TPSA) is 104 Å². The summed E-state index contributed by atoms with van der Waals surface area (Å²) in [5.74, 6) is -0.838. The first-order valence-corrected chi connectivity index (χ1v) is 13.0. The van der Waals surface area contributed by atoms with Gasteiger partial charge < -0.3 is 10.2 Å². The summed E-state index contributed by atoms with van der Waals surface area (Å²) in [6, 6.07) is 8.84. The number of Topliss-reactive ketones (excluding diaryl/α,β-unsaturated/α-hetero) is 1. The summed E-state index contributed by atoms with van der Waals surface area (Å²) in [6.07, 6.45) is 7.22. The van der Waals surface area contributed by atoms with Crippen molar-refractivity contribution in [2.45, 2.75) is 51.2 Å². The number of rotatable bonds is 3. The van der Waals surface area contributed by atoms with E-state index in [2.05, 4.69) is 6.92 Å². The lowest BCUT2D eigenvalue weighted by molar-refractivity contribution is -0.235. The van der Waals surface area contributed by atoms with Crippen LogP contribution >= 0.6 is 0 Å². The maximum atomic E-state index is 13.5. The predicted octanol–water partition coefficient (Wildman–Crippen LogP) is 2.88. The Labute approximate surface area is 210 Å². The van der Waals surface area contributed by atoms with Crippen molar-refractivity contribution in [3.8, 4) is 0 Å². The molecule has 2 N–H and O–H groups in total. The SMILES string of the molecule is C[C@]12C=CC(=O)C=C1CCC1C2[C@@H](O)C[C@@]2(C)C1C[C@H]1CN(C(=O)c3ccccc3)O[C@]12C(=O)CO. The summed E-state index contributed by atoms with van der Waals surface area (Å²) >= 11 is 0. The molecule has 0 aromatic heterocycles. The van der Waals surface area contributed by atoms with Crippen molar-refractivity contribution in [1.29, 1.82) is 0 Å². The zero-order valence-corrected chi connectivity index (χ0v) is 20.7. The number of benzene rings is 1. The van der Waals surface area contributed by atoms with Gasteiger partial charge in [0.15, 0.2) is 17.2 Å². The first-order chi connectivity index (χ1) is 17.2. The summed E-state index contributed by atoms with van der Waals surface area (Å²) in [7, 11) is 0. The predicted molar refractivity (Wildman–Crippen MR) is 130 cm³/mol. The van der Waals surface area contributed by atoms with Gasteiger partial charge in [0, 0.05) is 28.2 Å². The first kappa shape index (κ1) is 23.8. The van der Waals surface area contributed by atoms with Crippen LogP contribution in [-0.4, -0.2) is 57.6 Å². The molecule has 0 spiro atoms. The van der Waals surface area contributed by atoms with Gasteiger partial charge in [0.1, 0.15) is 6.61 Å². The second-order valence-corrected chi connectivity index (χ2v) is 11.8. The van der Waals surface area contributed by atoms with E-state index in [4.69, 9.17) is 4.84 Å². The number of amides is 1. The van der Waals surface area contributed by atoms with Gasteiger partial charge in [-0.2, -0.15) is 0 Å². The number of aliphatic hydroxyl groups is 2. The lowest BCUT2D eigenvalue weighted by atomic mass is 9.46. The van der Waals surface area contributed by atoms with Crippen molar-refractivity contribution < 1.29 is 29.4 Å². The summed E-state index contributed by atoms with van der Waals surface area (Å²) in [4.78, 5) is 45.2. The van der Waals surface area contributed by atoms with Crippen LogP contribution in [0.25, 0.3) is 0 Å². The lowest BCUT2D eigenvalue weighted by Crippen LogP contribution is -2.63. The molecule has 7 nitrogen and oxygen atoms in total. The fourth-order valence-electron chi connectivity index (χ4n) is 8.83. The third-order valence-corrected chi connectivity index (χ3v) is 10.3. The number of nitrogens with zero attached hydrogens (tertiary/aromatic N) is 1. The molecule has 190 valence electrons. The Balaban J connectivity index is 1.38. The highest BCUT2D eigenvalue weighted by atomic mass is 16.7. The Kier molecular flexibility index (Phi) is 5.24. The van der Waals surface area contributed by atoms with Crippen molar-refractivity contribution in [1.82, 2.24) is 5.06 Å². The van der Waals surface area contributed by atoms with Crippen molar-refractivity contribution in [3.63, 3.8) is 0 Å². The van der Waals surface area contributed by atoms with E-state index in [0.29, 0.717) is 18.4 Å². The summed E-state index contributed by atoms with van der Waals surface area (Å²) in [5, 5.41) is 23.0. The number of carbonyl (C=O) groups excluding carboxylic acids is 3. The van der Waals surface area contributed by atoms with E-state index in [1.165, 1.54) is 5.06 Å². The number of carbonyl (C=O) groups is 3. The van der Waals surface area contributed by atoms with Gasteiger partial charge in [0.05, 0.1) is 12.6 Å². The summed E-state index contributed by atoms with van der Waals surface area (Å²) in [5.41, 5.74) is -0.949. The Morgan fingerprint density at radius 1 is 1.19 bits per heavy atom. The van der Waals surface area contributed by atoms with Gasteiger partial charge in [-0.1, -0.05) is 43.7 Å². The number of hydroxylamine groups is 2. The highest BCUT2D eigenvalue weighted by molar-refractivity contribution is 6.01. The van der Waals surface area contributed by atoms with Crippen LogP contribution in [0.3, 0.4) is 0 Å². The highest BCUT2D eigenvalue weighted by Crippen LogP contribution is 2.70. The molecule has 3 saturated carbocycles. The van der Waals surface area contributed by atoms with Crippen LogP contribution in [0.5, 0.6) is 0 Å². The molecule has 1 aliphatic heterocycles. The van der Waals surface area contributed by atoms with Crippen molar-refractivity contribution >= 4 is 17.5 Å². The van der Waals surface area contributed by atoms with Crippen LogP contribution in [0.2, 0.25) is 0 Å². The average molecular weight is 492 g/mol. The van der Waals surface area contributed by atoms with Gasteiger partial charge in [0.25, 0.3) is 5.91 Å². The Hall–Kier alpha value is -2.61. The molecule has 1 heterocycles. The minimum atomic E-state index is -1.36. The lowest BCUT2D eigenvalue weighted by Gasteiger charge is -2.59. The van der Waals surface area contributed by atoms with E-state index in [-0.39, 0.29) is 41.9 Å². The van der Waals surface area contributed by atoms with E-state index < -0.39 is 34.9 Å². The molecule has 1 saturated heterocycles. The number of allylic oxidation sites excluding steroid dienone is 4. The Morgan fingerprint density at radius 3 is 2.67 bits per heavy atom. The molecule has 8 atom stereocenters. The van der Waals surface area contributed by atoms with Gasteiger partial charge in [-0.15, -0.1) is 0 Å². The number of hydrogen-bond donors (Lipinski definition) is 2. The molecular formula is C29H33NO6. The van der Waals surface area contributed by atoms with Crippen molar-refractivity contribution in [2.24, 2.45) is 34.5 Å². The number of aliphatic hydroxyl groups excluding tert-OH is 2. The summed E-state index contributed by atoms with van der Waals surface area (Å²) in [6.45, 7) is 3.72. The maximum absolute atomic E-state index is 13.5. The molecule has 3 unspecified atom stereocenters. The van der Waals surface area contributed by atoms with Crippen LogP contribution in [0.15, 0.2) is 54.1 Å². The molecule has 6 rings (SSSR count). The minimum Gasteiger partial charge on any atom is -0.393 e. The maximum Gasteiger partial charge on any atom is 0.277 e. The van der Waals surface area contributed by atoms with E-state index in [9.17, 15) is 24.6 Å². The van der Waals surface area contributed by atoms with Gasteiger partial charge >= 0.3 is 0 Å². The fourth-order valence-corrected chi connectivity index (χ4v) is 8.83. The first-order valence-electron chi connectivity index (χ1n) is 13.0. The molecule has 36 heavy (non-hydrogen) atoms. The molecule has 5 aliphatic rings. The van der Waals surface area contributed by atoms with Crippen LogP contribution in [0, 0.1) is 34.5 Å². The van der Waals surface area contributed by atoms with Crippen molar-refractivity contribution in [2.75, 3.05) is 13.2 Å². The third-order valence-electron chi connectivity index (χ3n) is 10.3. The molecule has 1 aromatic rings. The van der Waals surface area contributed by atoms with E-state index in [0.717, 1.165) is 18.4 Å². The van der Waals surface area contributed by atoms with E-state index in [1.54, 1.807) is 36.4 Å². The molecule has 1 amide bonds. The van der Waals surface area contributed by atoms with Gasteiger partial charge in [-0.3, -0.25) is 19.2 Å². The third kappa shape index (κ3) is 2.93. The van der Waals surface area contributed by atoms with Crippen molar-refractivity contribution in [3.05, 3.63) is 59.7 Å². The summed E-state index contributed by atoms with van der Waals surface area (Å²) < 4.78 is 0. The van der Waals surface area contributed by atoms with Gasteiger partial charge in [-0.05, 0) is 61.8 Å². The van der Waals surface area contributed by atoms with Crippen LogP contribution in [-0.2, 0) is 14.4 Å². The number of hydrogen-bond acceptors (Lipinski definition) is 6. The standard InChI is InChI=1S/C29H33NO6/c1-27-11-10-20(32)12-18(27)8-9-21-22-13-19-15-30(26(35)17-6-4-3-5-7-17)36-29(19,24(34)16-31)28(22,2)14-23(33)25(21)27/h3-7,10-12,19,21-23,25,31,33H,8-9,13-16H2,1-2H3/t19-,21?,22?,23-,25?,27-,28-,29-/m0/s1. The molecule has 0 bridgehead atoms. The van der Waals surface area contributed by atoms with Crippen LogP contribution in [0.1, 0.15) is 49.9 Å². The highest BCUT2D eigenvalue weighted by Gasteiger charge is 2.75. The van der Waals surface area contributed by atoms with E-state index >= 15 is 0 Å². The molecule has 4 aliphatic carbocycles. The smallest absolute Gasteiger partial charge is 0.277 e. The molecule has 7 heteroatoms. The largest absolute Gasteiger partial charge is 0.393 e. The second-order valence-electron chi connectivity index (χ2n) is 11.8. The normalized spacial score (nSPS) is 42.8. The van der Waals surface area contributed by atoms with Gasteiger partial charge in [0.2, 0.25) is 0 Å². The minimum absolute atomic E-state index is 0.00414. The van der Waals surface area contributed by atoms with Crippen LogP contribution in [0.4, 0.5) is 0 Å².